The van der Waals surface area contributed by atoms with E-state index in [0.717, 1.165) is 24.2 Å². The average molecular weight is 281 g/mol. The lowest BCUT2D eigenvalue weighted by Gasteiger charge is -2.19. The predicted octanol–water partition coefficient (Wildman–Crippen LogP) is 2.28. The summed E-state index contributed by atoms with van der Waals surface area (Å²) in [6.07, 6.45) is 1.84. The Morgan fingerprint density at radius 1 is 1.56 bits per heavy atom. The van der Waals surface area contributed by atoms with E-state index >= 15 is 0 Å². The number of halogens is 1. The first-order chi connectivity index (χ1) is 7.43. The Labute approximate surface area is 104 Å². The molecule has 0 amide bonds. The summed E-state index contributed by atoms with van der Waals surface area (Å²) >= 11 is 6.77. The first-order valence-corrected chi connectivity index (χ1v) is 7.71. The van der Waals surface area contributed by atoms with Crippen LogP contribution in [0.3, 0.4) is 0 Å². The Bertz CT molecular complexity index is 498. The van der Waals surface area contributed by atoms with Crippen LogP contribution in [0.4, 0.5) is 0 Å². The Kier molecular flexibility index (Phi) is 3.27. The molecule has 0 saturated carbocycles. The highest BCUT2D eigenvalue weighted by Gasteiger charge is 2.35. The summed E-state index contributed by atoms with van der Waals surface area (Å²) in [7, 11) is -3.39. The minimum Gasteiger partial charge on any atom is -0.229 e. The molecule has 0 aliphatic carbocycles. The first kappa shape index (κ1) is 12.3. The molecule has 1 fully saturated rings. The molecular formula is C9H13ClN2O2S2. The molecule has 1 aromatic rings. The lowest BCUT2D eigenvalue weighted by Crippen LogP contribution is -2.33. The van der Waals surface area contributed by atoms with Gasteiger partial charge in [0.15, 0.2) is 8.68 Å². The summed E-state index contributed by atoms with van der Waals surface area (Å²) in [4.78, 5) is 3.95. The van der Waals surface area contributed by atoms with E-state index in [2.05, 4.69) is 4.98 Å². The van der Waals surface area contributed by atoms with E-state index in [4.69, 9.17) is 11.6 Å². The Morgan fingerprint density at radius 2 is 2.25 bits per heavy atom. The van der Waals surface area contributed by atoms with Crippen molar-refractivity contribution in [3.05, 3.63) is 10.2 Å². The Hall–Kier alpha value is -0.170. The van der Waals surface area contributed by atoms with Crippen LogP contribution in [-0.2, 0) is 10.0 Å². The monoisotopic (exact) mass is 280 g/mol. The Balaban J connectivity index is 2.42. The second-order valence-electron chi connectivity index (χ2n) is 3.95. The van der Waals surface area contributed by atoms with Gasteiger partial charge < -0.3 is 0 Å². The molecule has 0 N–H and O–H groups in total. The summed E-state index contributed by atoms with van der Waals surface area (Å²) < 4.78 is 26.7. The molecule has 1 unspecified atom stereocenters. The molecule has 0 aromatic carbocycles. The highest BCUT2D eigenvalue weighted by atomic mass is 35.5. The maximum Gasteiger partial charge on any atom is 0.254 e. The van der Waals surface area contributed by atoms with Gasteiger partial charge in [-0.1, -0.05) is 22.9 Å². The van der Waals surface area contributed by atoms with Gasteiger partial charge >= 0.3 is 0 Å². The van der Waals surface area contributed by atoms with E-state index in [0.29, 0.717) is 12.2 Å². The molecule has 4 nitrogen and oxygen atoms in total. The fourth-order valence-electron chi connectivity index (χ4n) is 1.96. The minimum atomic E-state index is -3.39. The SMILES string of the molecule is Cc1nc(Cl)sc1S(=O)(=O)N1CCCC1C. The second kappa shape index (κ2) is 4.25. The molecule has 7 heteroatoms. The van der Waals surface area contributed by atoms with E-state index in [-0.39, 0.29) is 14.7 Å². The predicted molar refractivity (Wildman–Crippen MR) is 64.4 cm³/mol. The third kappa shape index (κ3) is 1.99. The van der Waals surface area contributed by atoms with Crippen molar-refractivity contribution in [2.45, 2.75) is 36.9 Å². The summed E-state index contributed by atoms with van der Waals surface area (Å²) in [6.45, 7) is 4.21. The minimum absolute atomic E-state index is 0.0743. The number of rotatable bonds is 2. The largest absolute Gasteiger partial charge is 0.254 e. The molecule has 0 bridgehead atoms. The van der Waals surface area contributed by atoms with E-state index < -0.39 is 10.0 Å². The van der Waals surface area contributed by atoms with E-state index in [1.807, 2.05) is 6.92 Å². The van der Waals surface area contributed by atoms with Crippen molar-refractivity contribution < 1.29 is 8.42 Å². The van der Waals surface area contributed by atoms with Crippen molar-refractivity contribution in [1.82, 2.24) is 9.29 Å². The lowest BCUT2D eigenvalue weighted by atomic mass is 10.3. The molecular weight excluding hydrogens is 268 g/mol. The molecule has 2 heterocycles. The fourth-order valence-corrected chi connectivity index (χ4v) is 5.51. The van der Waals surface area contributed by atoms with Crippen molar-refractivity contribution in [1.29, 1.82) is 0 Å². The van der Waals surface area contributed by atoms with Gasteiger partial charge in [0.2, 0.25) is 0 Å². The highest BCUT2D eigenvalue weighted by Crippen LogP contribution is 2.32. The molecule has 90 valence electrons. The van der Waals surface area contributed by atoms with Crippen molar-refractivity contribution in [3.8, 4) is 0 Å². The van der Waals surface area contributed by atoms with Crippen LogP contribution < -0.4 is 0 Å². The van der Waals surface area contributed by atoms with E-state index in [9.17, 15) is 8.42 Å². The molecule has 0 radical (unpaired) electrons. The van der Waals surface area contributed by atoms with Gasteiger partial charge in [0.1, 0.15) is 0 Å². The molecule has 1 aliphatic heterocycles. The van der Waals surface area contributed by atoms with Gasteiger partial charge in [0.05, 0.1) is 5.69 Å². The van der Waals surface area contributed by atoms with Gasteiger partial charge in [-0.3, -0.25) is 0 Å². The van der Waals surface area contributed by atoms with Gasteiger partial charge in [-0.25, -0.2) is 13.4 Å². The van der Waals surface area contributed by atoms with Crippen LogP contribution in [0.2, 0.25) is 4.47 Å². The zero-order chi connectivity index (χ0) is 11.9. The van der Waals surface area contributed by atoms with Crippen LogP contribution in [0.1, 0.15) is 25.5 Å². The normalized spacial score (nSPS) is 22.8. The first-order valence-electron chi connectivity index (χ1n) is 5.07. The van der Waals surface area contributed by atoms with E-state index in [1.165, 1.54) is 0 Å². The highest BCUT2D eigenvalue weighted by molar-refractivity contribution is 7.91. The number of aryl methyl sites for hydroxylation is 1. The van der Waals surface area contributed by atoms with Gasteiger partial charge in [-0.05, 0) is 26.7 Å². The number of hydrogen-bond acceptors (Lipinski definition) is 4. The number of sulfonamides is 1. The number of hydrogen-bond donors (Lipinski definition) is 0. The average Bonchev–Trinajstić information content (AvgIpc) is 2.72. The standard InChI is InChI=1S/C9H13ClN2O2S2/c1-6-4-3-5-12(6)16(13,14)8-7(2)11-9(10)15-8/h6H,3-5H2,1-2H3. The number of aromatic nitrogens is 1. The van der Waals surface area contributed by atoms with Crippen LogP contribution in [0.5, 0.6) is 0 Å². The van der Waals surface area contributed by atoms with Crippen LogP contribution in [0.25, 0.3) is 0 Å². The quantitative estimate of drug-likeness (QED) is 0.835. The summed E-state index contributed by atoms with van der Waals surface area (Å²) in [5, 5.41) is 0. The van der Waals surface area contributed by atoms with Crippen LogP contribution in [0.15, 0.2) is 4.21 Å². The van der Waals surface area contributed by atoms with Crippen molar-refractivity contribution in [2.24, 2.45) is 0 Å². The fraction of sp³-hybridized carbons (Fsp3) is 0.667. The molecule has 1 atom stereocenters. The zero-order valence-corrected chi connectivity index (χ0v) is 11.5. The smallest absolute Gasteiger partial charge is 0.229 e. The molecule has 0 spiro atoms. The molecule has 16 heavy (non-hydrogen) atoms. The van der Waals surface area contributed by atoms with Crippen LogP contribution >= 0.6 is 22.9 Å². The third-order valence-electron chi connectivity index (χ3n) is 2.76. The van der Waals surface area contributed by atoms with Gasteiger partial charge in [-0.15, -0.1) is 0 Å². The zero-order valence-electron chi connectivity index (χ0n) is 9.10. The topological polar surface area (TPSA) is 50.3 Å². The summed E-state index contributed by atoms with van der Waals surface area (Å²) in [5.74, 6) is 0. The summed E-state index contributed by atoms with van der Waals surface area (Å²) in [6, 6.07) is 0.0743. The third-order valence-corrected chi connectivity index (χ3v) is 6.63. The summed E-state index contributed by atoms with van der Waals surface area (Å²) in [5.41, 5.74) is 0.495. The molecule has 1 aromatic heterocycles. The van der Waals surface area contributed by atoms with Crippen molar-refractivity contribution in [2.75, 3.05) is 6.54 Å². The maximum atomic E-state index is 12.3. The van der Waals surface area contributed by atoms with Crippen LogP contribution in [-0.4, -0.2) is 30.3 Å². The van der Waals surface area contributed by atoms with Crippen molar-refractivity contribution >= 4 is 33.0 Å². The maximum absolute atomic E-state index is 12.3. The van der Waals surface area contributed by atoms with Gasteiger partial charge in [-0.2, -0.15) is 4.31 Å². The van der Waals surface area contributed by atoms with Gasteiger partial charge in [0, 0.05) is 12.6 Å². The van der Waals surface area contributed by atoms with Gasteiger partial charge in [0.25, 0.3) is 10.0 Å². The lowest BCUT2D eigenvalue weighted by molar-refractivity contribution is 0.409. The number of thiazole rings is 1. The molecule has 2 rings (SSSR count). The molecule has 1 saturated heterocycles. The number of nitrogens with zero attached hydrogens (tertiary/aromatic N) is 2. The second-order valence-corrected chi connectivity index (χ2v) is 7.61. The Morgan fingerprint density at radius 3 is 2.69 bits per heavy atom. The van der Waals surface area contributed by atoms with Crippen molar-refractivity contribution in [3.63, 3.8) is 0 Å². The molecule has 1 aliphatic rings. The van der Waals surface area contributed by atoms with Crippen LogP contribution in [0, 0.1) is 6.92 Å². The van der Waals surface area contributed by atoms with E-state index in [1.54, 1.807) is 11.2 Å².